The molecule has 0 aliphatic rings. The maximum Gasteiger partial charge on any atom is 0.0152 e. The van der Waals surface area contributed by atoms with Gasteiger partial charge in [-0.1, -0.05) is 75.1 Å². The van der Waals surface area contributed by atoms with Gasteiger partial charge in [-0.05, 0) is 36.5 Å². The van der Waals surface area contributed by atoms with Crippen LogP contribution in [0.4, 0.5) is 0 Å². The minimum atomic E-state index is -0.0641. The zero-order valence-electron chi connectivity index (χ0n) is 13.5. The lowest BCUT2D eigenvalue weighted by Gasteiger charge is -2.13. The Kier molecular flexibility index (Phi) is 8.88. The SMILES string of the molecule is C=S(NCCCCCCC)c1ccc(C(C)CC)cc1. The second kappa shape index (κ2) is 10.2. The second-order valence-corrected chi connectivity index (χ2v) is 7.12. The molecule has 1 N–H and O–H groups in total. The molecular weight excluding hydrogens is 262 g/mol. The first-order chi connectivity index (χ1) is 9.69. The first-order valence-corrected chi connectivity index (χ1v) is 9.45. The summed E-state index contributed by atoms with van der Waals surface area (Å²) in [5.41, 5.74) is 1.44. The molecule has 0 aromatic heterocycles. The fourth-order valence-electron chi connectivity index (χ4n) is 2.20. The van der Waals surface area contributed by atoms with Crippen LogP contribution in [0.1, 0.15) is 70.8 Å². The third kappa shape index (κ3) is 6.23. The topological polar surface area (TPSA) is 12.0 Å². The monoisotopic (exact) mass is 293 g/mol. The molecule has 20 heavy (non-hydrogen) atoms. The Hall–Kier alpha value is -0.600. The lowest BCUT2D eigenvalue weighted by Crippen LogP contribution is -2.08. The standard InChI is InChI=1S/C18H31NS/c1-5-7-8-9-10-15-19-20(4)18-13-11-17(12-14-18)16(3)6-2/h11-14,16,19H,4-10,15H2,1-3H3. The van der Waals surface area contributed by atoms with Crippen LogP contribution < -0.4 is 4.72 Å². The van der Waals surface area contributed by atoms with Gasteiger partial charge in [-0.15, -0.1) is 0 Å². The number of hydrogen-bond donors (Lipinski definition) is 1. The van der Waals surface area contributed by atoms with E-state index in [1.54, 1.807) is 0 Å². The Morgan fingerprint density at radius 2 is 1.70 bits per heavy atom. The zero-order chi connectivity index (χ0) is 14.8. The first-order valence-electron chi connectivity index (χ1n) is 8.06. The van der Waals surface area contributed by atoms with E-state index in [2.05, 4.69) is 55.6 Å². The van der Waals surface area contributed by atoms with Gasteiger partial charge in [0.15, 0.2) is 0 Å². The molecule has 0 fully saturated rings. The highest BCUT2D eigenvalue weighted by molar-refractivity contribution is 8.12. The summed E-state index contributed by atoms with van der Waals surface area (Å²) in [6.45, 7) is 7.87. The first kappa shape index (κ1) is 17.5. The zero-order valence-corrected chi connectivity index (χ0v) is 14.3. The summed E-state index contributed by atoms with van der Waals surface area (Å²) in [4.78, 5) is 1.32. The molecule has 1 rings (SSSR count). The Morgan fingerprint density at radius 1 is 1.05 bits per heavy atom. The van der Waals surface area contributed by atoms with E-state index in [0.29, 0.717) is 5.92 Å². The average Bonchev–Trinajstić information content (AvgIpc) is 2.50. The fraction of sp³-hybridized carbons (Fsp3) is 0.611. The Morgan fingerprint density at radius 3 is 2.30 bits per heavy atom. The van der Waals surface area contributed by atoms with Gasteiger partial charge in [-0.3, -0.25) is 4.72 Å². The minimum Gasteiger partial charge on any atom is -0.266 e. The van der Waals surface area contributed by atoms with Gasteiger partial charge in [0.1, 0.15) is 0 Å². The van der Waals surface area contributed by atoms with Crippen LogP contribution in [-0.4, -0.2) is 12.4 Å². The van der Waals surface area contributed by atoms with Crippen LogP contribution in [0.25, 0.3) is 0 Å². The van der Waals surface area contributed by atoms with Gasteiger partial charge in [0.2, 0.25) is 0 Å². The molecule has 1 aromatic carbocycles. The number of nitrogens with one attached hydrogen (secondary N) is 1. The highest BCUT2D eigenvalue weighted by Crippen LogP contribution is 2.25. The van der Waals surface area contributed by atoms with Crippen molar-refractivity contribution in [2.45, 2.75) is 70.1 Å². The summed E-state index contributed by atoms with van der Waals surface area (Å²) in [6.07, 6.45) is 7.86. The van der Waals surface area contributed by atoms with Gasteiger partial charge in [0.25, 0.3) is 0 Å². The lowest BCUT2D eigenvalue weighted by atomic mass is 9.99. The number of unbranched alkanes of at least 4 members (excludes halogenated alkanes) is 4. The van der Waals surface area contributed by atoms with Crippen LogP contribution in [0.2, 0.25) is 0 Å². The van der Waals surface area contributed by atoms with E-state index in [1.807, 2.05) is 0 Å². The second-order valence-electron chi connectivity index (χ2n) is 5.58. The highest BCUT2D eigenvalue weighted by Gasteiger charge is 2.03. The minimum absolute atomic E-state index is 0.0641. The summed E-state index contributed by atoms with van der Waals surface area (Å²) in [5, 5.41) is 0. The van der Waals surface area contributed by atoms with Crippen molar-refractivity contribution in [1.82, 2.24) is 4.72 Å². The molecule has 0 bridgehead atoms. The highest BCUT2D eigenvalue weighted by atomic mass is 32.2. The van der Waals surface area contributed by atoms with Gasteiger partial charge >= 0.3 is 0 Å². The maximum absolute atomic E-state index is 4.25. The molecule has 0 saturated heterocycles. The molecule has 2 unspecified atom stereocenters. The van der Waals surface area contributed by atoms with Gasteiger partial charge < -0.3 is 0 Å². The molecular formula is C18H31NS. The lowest BCUT2D eigenvalue weighted by molar-refractivity contribution is 0.630. The molecule has 0 radical (unpaired) electrons. The van der Waals surface area contributed by atoms with Crippen LogP contribution >= 0.6 is 10.7 Å². The van der Waals surface area contributed by atoms with E-state index in [4.69, 9.17) is 0 Å². The average molecular weight is 294 g/mol. The predicted octanol–water partition coefficient (Wildman–Crippen LogP) is 5.73. The van der Waals surface area contributed by atoms with E-state index in [1.165, 1.54) is 49.0 Å². The molecule has 0 aliphatic heterocycles. The van der Waals surface area contributed by atoms with Crippen molar-refractivity contribution in [1.29, 1.82) is 0 Å². The molecule has 0 amide bonds. The van der Waals surface area contributed by atoms with Crippen molar-refractivity contribution in [2.24, 2.45) is 0 Å². The molecule has 0 saturated carbocycles. The Balaban J connectivity index is 2.32. The molecule has 1 aromatic rings. The van der Waals surface area contributed by atoms with Gasteiger partial charge in [0.05, 0.1) is 0 Å². The van der Waals surface area contributed by atoms with Crippen LogP contribution in [-0.2, 0) is 0 Å². The molecule has 2 atom stereocenters. The number of benzene rings is 1. The van der Waals surface area contributed by atoms with Crippen LogP contribution in [0, 0.1) is 0 Å². The van der Waals surface area contributed by atoms with E-state index in [9.17, 15) is 0 Å². The smallest absolute Gasteiger partial charge is 0.0152 e. The summed E-state index contributed by atoms with van der Waals surface area (Å²) >= 11 is 0. The van der Waals surface area contributed by atoms with Crippen molar-refractivity contribution in [3.63, 3.8) is 0 Å². The maximum atomic E-state index is 4.25. The third-order valence-corrected chi connectivity index (χ3v) is 5.30. The van der Waals surface area contributed by atoms with Gasteiger partial charge in [0, 0.05) is 11.4 Å². The Labute approximate surface area is 128 Å². The van der Waals surface area contributed by atoms with Crippen molar-refractivity contribution in [3.05, 3.63) is 29.8 Å². The Bertz CT molecular complexity index is 383. The number of rotatable bonds is 10. The van der Waals surface area contributed by atoms with Crippen molar-refractivity contribution in [3.8, 4) is 0 Å². The van der Waals surface area contributed by atoms with Crippen molar-refractivity contribution in [2.75, 3.05) is 6.54 Å². The summed E-state index contributed by atoms with van der Waals surface area (Å²) < 4.78 is 3.56. The van der Waals surface area contributed by atoms with Gasteiger partial charge in [-0.25, -0.2) is 0 Å². The largest absolute Gasteiger partial charge is 0.266 e. The molecule has 0 aliphatic carbocycles. The molecule has 0 spiro atoms. The van der Waals surface area contributed by atoms with E-state index in [-0.39, 0.29) is 10.7 Å². The summed E-state index contributed by atoms with van der Waals surface area (Å²) in [7, 11) is -0.0641. The normalized spacial score (nSPS) is 14.2. The van der Waals surface area contributed by atoms with Gasteiger partial charge in [-0.2, -0.15) is 0 Å². The van der Waals surface area contributed by atoms with E-state index >= 15 is 0 Å². The fourth-order valence-corrected chi connectivity index (χ4v) is 3.23. The summed E-state index contributed by atoms with van der Waals surface area (Å²) in [5.74, 6) is 4.91. The summed E-state index contributed by atoms with van der Waals surface area (Å²) in [6, 6.07) is 9.00. The predicted molar refractivity (Wildman–Crippen MR) is 94.9 cm³/mol. The van der Waals surface area contributed by atoms with Crippen molar-refractivity contribution < 1.29 is 0 Å². The van der Waals surface area contributed by atoms with E-state index < -0.39 is 0 Å². The van der Waals surface area contributed by atoms with E-state index in [0.717, 1.165) is 6.54 Å². The molecule has 0 heterocycles. The molecule has 114 valence electrons. The quantitative estimate of drug-likeness (QED) is 0.429. The van der Waals surface area contributed by atoms with Crippen molar-refractivity contribution >= 4 is 16.5 Å². The third-order valence-electron chi connectivity index (χ3n) is 3.90. The molecule has 2 heteroatoms. The van der Waals surface area contributed by atoms with Crippen LogP contribution in [0.15, 0.2) is 29.2 Å². The number of hydrogen-bond acceptors (Lipinski definition) is 1. The van der Waals surface area contributed by atoms with Crippen LogP contribution in [0.3, 0.4) is 0 Å². The molecule has 1 nitrogen and oxygen atoms in total. The van der Waals surface area contributed by atoms with Crippen LogP contribution in [0.5, 0.6) is 0 Å².